The van der Waals surface area contributed by atoms with Crippen LogP contribution in [0.3, 0.4) is 0 Å². The van der Waals surface area contributed by atoms with Gasteiger partial charge in [0.15, 0.2) is 0 Å². The van der Waals surface area contributed by atoms with E-state index in [4.69, 9.17) is 0 Å². The summed E-state index contributed by atoms with van der Waals surface area (Å²) in [7, 11) is 2.56. The highest BCUT2D eigenvalue weighted by Gasteiger charge is 0.655. The lowest BCUT2D eigenvalue weighted by Gasteiger charge is -0.760. The molecule has 24 heavy (non-hydrogen) atoms. The van der Waals surface area contributed by atoms with Gasteiger partial charge in [-0.1, -0.05) is 175 Å². The van der Waals surface area contributed by atoms with Crippen molar-refractivity contribution in [2.75, 3.05) is 0 Å². The third-order valence-corrected chi connectivity index (χ3v) is 0. The van der Waals surface area contributed by atoms with Crippen LogP contribution >= 0.6 is 8.02 Å². The van der Waals surface area contributed by atoms with E-state index in [1.54, 1.807) is 0 Å². The molecule has 0 amide bonds. The van der Waals surface area contributed by atoms with Gasteiger partial charge in [0.05, 0.1) is 0 Å². The second-order valence-corrected chi connectivity index (χ2v) is 0. The minimum Gasteiger partial charge on any atom is -0.0776 e. The molecule has 0 fully saturated rings. The molecule has 0 heterocycles. The summed E-state index contributed by atoms with van der Waals surface area (Å²) < 4.78 is 0. The lowest BCUT2D eigenvalue weighted by molar-refractivity contribution is 2.50. The van der Waals surface area contributed by atoms with Crippen LogP contribution in [0.25, 0.3) is 0 Å². The zero-order valence-corrected chi connectivity index (χ0v) is 2.72. The Morgan fingerprint density at radius 2 is 0.167 bits per heavy atom. The molecule has 0 aromatic rings. The molecule has 0 rings (SSSR count). The molecular formula is C22H89PS. The molecule has 0 bridgehead atoms. The zero-order chi connectivity index (χ0) is 2.00. The van der Waals surface area contributed by atoms with Crippen molar-refractivity contribution >= 4 is 19.8 Å². The minimum absolute atomic E-state index is 0. The maximum atomic E-state index is 3.89. The van der Waals surface area contributed by atoms with Crippen molar-refractivity contribution in [3.63, 3.8) is 0 Å². The van der Waals surface area contributed by atoms with Crippen LogP contribution in [-0.4, -0.2) is 0 Å². The maximum absolute atomic E-state index is 3.89. The lowest BCUT2D eigenvalue weighted by Crippen LogP contribution is -0.399. The Morgan fingerprint density at radius 3 is 0.167 bits per heavy atom. The predicted molar refractivity (Wildman–Crippen MR) is 164 cm³/mol. The van der Waals surface area contributed by atoms with Crippen LogP contribution in [0.4, 0.5) is 0 Å². The molecule has 0 radical (unpaired) electrons. The van der Waals surface area contributed by atoms with Gasteiger partial charge < -0.3 is 0 Å². The van der Waals surface area contributed by atoms with E-state index in [0.717, 1.165) is 0 Å². The van der Waals surface area contributed by atoms with Crippen LogP contribution in [0.15, 0.2) is 0 Å². The van der Waals surface area contributed by atoms with Gasteiger partial charge in [-0.25, -0.2) is 0 Å². The van der Waals surface area contributed by atoms with Crippen LogP contribution in [0.5, 0.6) is 0 Å². The van der Waals surface area contributed by atoms with Gasteiger partial charge in [-0.2, -0.15) is 0 Å². The smallest absolute Gasteiger partial charge is 0.0437 e. The Labute approximate surface area is 183 Å². The van der Waals surface area contributed by atoms with E-state index in [0.29, 0.717) is 0 Å². The number of hydrogen-bond acceptors (Lipinski definition) is 1. The molecule has 0 N–H and O–H groups in total. The van der Waals surface area contributed by atoms with Crippen molar-refractivity contribution in [3.8, 4) is 0 Å². The first kappa shape index (κ1) is 5870. The molecule has 0 aliphatic heterocycles. The molecule has 188 valence electrons. The van der Waals surface area contributed by atoms with Crippen LogP contribution < -0.4 is 0 Å². The zero-order valence-electron chi connectivity index (χ0n) is 0.908. The largest absolute Gasteiger partial charge is 0.0776 e. The van der Waals surface area contributed by atoms with Gasteiger partial charge in [-0.3, -0.25) is 0 Å². The van der Waals surface area contributed by atoms with Crippen LogP contribution in [0, 0.1) is 0 Å². The molecule has 0 nitrogen and oxygen atoms in total. The second-order valence-electron chi connectivity index (χ2n) is 0. The monoisotopic (exact) mass is 417 g/mol. The Morgan fingerprint density at radius 1 is 0.167 bits per heavy atom. The average Bonchev–Trinajstić information content (AvgIpc) is 1.00. The molecule has 0 aliphatic carbocycles. The topological polar surface area (TPSA) is 0 Å². The normalized spacial score (nSPS) is 0.167. The van der Waals surface area contributed by atoms with Crippen molar-refractivity contribution in [2.45, 2.75) is 163 Å². The summed E-state index contributed by atoms with van der Waals surface area (Å²) in [4.78, 5) is 0. The van der Waals surface area contributed by atoms with Crippen molar-refractivity contribution in [1.29, 1.82) is 0 Å². The summed E-state index contributed by atoms with van der Waals surface area (Å²) in [6.07, 6.45) is 0. The van der Waals surface area contributed by atoms with E-state index < -0.39 is 0 Å². The number of hydrogen-bond donors (Lipinski definition) is 0. The highest BCUT2D eigenvalue weighted by Crippen LogP contribution is 1.26. The van der Waals surface area contributed by atoms with Crippen molar-refractivity contribution in [2.24, 2.45) is 0 Å². The van der Waals surface area contributed by atoms with Gasteiger partial charge in [0.2, 0.25) is 0 Å². The van der Waals surface area contributed by atoms with Crippen molar-refractivity contribution in [1.82, 2.24) is 0 Å². The van der Waals surface area contributed by atoms with Crippen LogP contribution in [0.2, 0.25) is 0 Å². The Kier molecular flexibility index (Phi) is 10800000. The summed E-state index contributed by atoms with van der Waals surface area (Å²) in [6.45, 7) is 0. The molecule has 0 aromatic heterocycles. The van der Waals surface area contributed by atoms with Crippen LogP contribution in [-0.2, 0) is 11.8 Å². The predicted octanol–water partition coefficient (Wildman–Crippen LogP) is 14.6. The molecule has 0 saturated carbocycles. The third kappa shape index (κ3) is 38600. The summed E-state index contributed by atoms with van der Waals surface area (Å²) in [5.41, 5.74) is 0. The first-order chi connectivity index (χ1) is 1.00. The molecule has 0 aromatic carbocycles. The number of rotatable bonds is 0. The van der Waals surface area contributed by atoms with Crippen LogP contribution in [0.1, 0.15) is 163 Å². The molecule has 0 aliphatic rings. The lowest BCUT2D eigenvalue weighted by atomic mass is 12.0. The molecule has 0 unspecified atom stereocenters. The van der Waals surface area contributed by atoms with E-state index in [1.165, 1.54) is 0 Å². The van der Waals surface area contributed by atoms with E-state index in [1.807, 2.05) is 0 Å². The molecule has 2 heteroatoms. The minimum atomic E-state index is 0. The third-order valence-electron chi connectivity index (χ3n) is 0. The van der Waals surface area contributed by atoms with Gasteiger partial charge in [0.1, 0.15) is 0 Å². The van der Waals surface area contributed by atoms with Crippen molar-refractivity contribution in [3.05, 3.63) is 0 Å². The molecule has 0 saturated heterocycles. The summed E-state index contributed by atoms with van der Waals surface area (Å²) in [5, 5.41) is 0. The Hall–Kier alpha value is 0.520. The molecule has 0 spiro atoms. The highest BCUT2D eigenvalue weighted by molar-refractivity contribution is 7.88. The fourth-order valence-electron chi connectivity index (χ4n) is 0. The quantitative estimate of drug-likeness (QED) is 0.353. The second kappa shape index (κ2) is 44100. The fourth-order valence-corrected chi connectivity index (χ4v) is 0. The van der Waals surface area contributed by atoms with E-state index in [-0.39, 0.29) is 163 Å². The van der Waals surface area contributed by atoms with Gasteiger partial charge >= 0.3 is 0 Å². The van der Waals surface area contributed by atoms with Gasteiger partial charge in [0, 0.05) is 0 Å². The Bertz CT molecular complexity index is 11.9. The summed E-state index contributed by atoms with van der Waals surface area (Å²) in [6, 6.07) is 0. The summed E-state index contributed by atoms with van der Waals surface area (Å²) in [5.74, 6) is 0. The Balaban J connectivity index is -0.0000000000216. The molecular weight excluding hydrogens is 327 g/mol. The summed E-state index contributed by atoms with van der Waals surface area (Å²) >= 11 is 3.89. The standard InChI is InChI=1S/22CH4.HPS/c;;;;;;;;;;;;;;;;;;;;;;1-2/h22*1H4;1H. The van der Waals surface area contributed by atoms with Gasteiger partial charge in [-0.05, 0) is 8.02 Å². The van der Waals surface area contributed by atoms with Crippen molar-refractivity contribution < 1.29 is 0 Å². The van der Waals surface area contributed by atoms with E-state index in [2.05, 4.69) is 19.8 Å². The average molecular weight is 417 g/mol. The maximum Gasteiger partial charge on any atom is -0.0437 e. The van der Waals surface area contributed by atoms with Gasteiger partial charge in [0.25, 0.3) is 0 Å². The van der Waals surface area contributed by atoms with Gasteiger partial charge in [-0.15, -0.1) is 0 Å². The van der Waals surface area contributed by atoms with E-state index >= 15 is 0 Å². The van der Waals surface area contributed by atoms with E-state index in [9.17, 15) is 0 Å². The SMILES string of the molecule is C.C.C.C.C.C.C.C.C.C.C.C.C.C.C.C.C.C.C.C.C.C.P=S. The first-order valence-electron chi connectivity index (χ1n) is 0.204. The highest BCUT2D eigenvalue weighted by atomic mass is 32.4. The fraction of sp³-hybridized carbons (Fsp3) is 1.00. The molecule has 0 atom stereocenters. The first-order valence-corrected chi connectivity index (χ1v) is 1.84.